The second kappa shape index (κ2) is 4.57. The molecule has 3 aromatic rings. The zero-order valence-corrected chi connectivity index (χ0v) is 12.4. The van der Waals surface area contributed by atoms with Gasteiger partial charge in [0.05, 0.1) is 21.9 Å². The SMILES string of the molecule is Nc1nc2ccc(Br)cc2n1Cc1ccc(Cl)s1. The molecule has 0 amide bonds. The summed E-state index contributed by atoms with van der Waals surface area (Å²) in [6.07, 6.45) is 0. The molecule has 0 saturated carbocycles. The fraction of sp³-hybridized carbons (Fsp3) is 0.0833. The highest BCUT2D eigenvalue weighted by molar-refractivity contribution is 9.10. The maximum atomic E-state index is 5.97. The summed E-state index contributed by atoms with van der Waals surface area (Å²) in [5.41, 5.74) is 7.89. The van der Waals surface area contributed by atoms with E-state index in [9.17, 15) is 0 Å². The minimum Gasteiger partial charge on any atom is -0.369 e. The monoisotopic (exact) mass is 341 g/mol. The number of benzene rings is 1. The molecule has 2 heterocycles. The molecule has 3 rings (SSSR count). The van der Waals surface area contributed by atoms with Gasteiger partial charge in [0.2, 0.25) is 5.95 Å². The van der Waals surface area contributed by atoms with Gasteiger partial charge in [0.15, 0.2) is 0 Å². The minimum atomic E-state index is 0.521. The molecule has 6 heteroatoms. The van der Waals surface area contributed by atoms with Crippen LogP contribution in [0.1, 0.15) is 4.88 Å². The Morgan fingerprint density at radius 1 is 1.33 bits per heavy atom. The normalized spacial score (nSPS) is 11.2. The van der Waals surface area contributed by atoms with Crippen LogP contribution in [0.25, 0.3) is 11.0 Å². The summed E-state index contributed by atoms with van der Waals surface area (Å²) in [4.78, 5) is 5.51. The first-order valence-electron chi connectivity index (χ1n) is 5.29. The van der Waals surface area contributed by atoms with E-state index in [1.54, 1.807) is 11.3 Å². The highest BCUT2D eigenvalue weighted by Crippen LogP contribution is 2.26. The molecule has 0 atom stereocenters. The highest BCUT2D eigenvalue weighted by atomic mass is 79.9. The van der Waals surface area contributed by atoms with Gasteiger partial charge in [-0.2, -0.15) is 0 Å². The molecule has 1 aromatic carbocycles. The number of imidazole rings is 1. The van der Waals surface area contributed by atoms with Crippen LogP contribution in [0.15, 0.2) is 34.8 Å². The lowest BCUT2D eigenvalue weighted by Gasteiger charge is -2.04. The number of fused-ring (bicyclic) bond motifs is 1. The third-order valence-electron chi connectivity index (χ3n) is 2.68. The van der Waals surface area contributed by atoms with Gasteiger partial charge in [-0.1, -0.05) is 27.5 Å². The van der Waals surface area contributed by atoms with Crippen molar-refractivity contribution in [2.45, 2.75) is 6.54 Å². The van der Waals surface area contributed by atoms with E-state index in [0.29, 0.717) is 12.5 Å². The van der Waals surface area contributed by atoms with Gasteiger partial charge in [-0.05, 0) is 30.3 Å². The van der Waals surface area contributed by atoms with Crippen molar-refractivity contribution in [1.82, 2.24) is 9.55 Å². The fourth-order valence-corrected chi connectivity index (χ4v) is 3.30. The van der Waals surface area contributed by atoms with Gasteiger partial charge in [-0.3, -0.25) is 0 Å². The Labute approximate surface area is 121 Å². The molecule has 2 N–H and O–H groups in total. The summed E-state index contributed by atoms with van der Waals surface area (Å²) in [6, 6.07) is 9.84. The van der Waals surface area contributed by atoms with Crippen molar-refractivity contribution in [3.63, 3.8) is 0 Å². The van der Waals surface area contributed by atoms with Crippen LogP contribution >= 0.6 is 38.9 Å². The summed E-state index contributed by atoms with van der Waals surface area (Å²) in [6.45, 7) is 0.691. The Morgan fingerprint density at radius 2 is 2.17 bits per heavy atom. The van der Waals surface area contributed by atoms with Crippen molar-refractivity contribution in [3.8, 4) is 0 Å². The number of hydrogen-bond acceptors (Lipinski definition) is 3. The molecule has 18 heavy (non-hydrogen) atoms. The van der Waals surface area contributed by atoms with Gasteiger partial charge < -0.3 is 10.3 Å². The molecule has 2 aromatic heterocycles. The van der Waals surface area contributed by atoms with Crippen LogP contribution in [0.3, 0.4) is 0 Å². The van der Waals surface area contributed by atoms with Crippen molar-refractivity contribution in [3.05, 3.63) is 44.0 Å². The third-order valence-corrected chi connectivity index (χ3v) is 4.39. The third kappa shape index (κ3) is 2.13. The van der Waals surface area contributed by atoms with Crippen LogP contribution in [0.4, 0.5) is 5.95 Å². The Kier molecular flexibility index (Phi) is 3.05. The summed E-state index contributed by atoms with van der Waals surface area (Å²) >= 11 is 11.0. The molecule has 0 bridgehead atoms. The molecule has 92 valence electrons. The predicted octanol–water partition coefficient (Wildman–Crippen LogP) is 4.14. The number of thiophene rings is 1. The number of anilines is 1. The second-order valence-electron chi connectivity index (χ2n) is 3.90. The van der Waals surface area contributed by atoms with Crippen LogP contribution in [-0.2, 0) is 6.54 Å². The maximum absolute atomic E-state index is 5.97. The first kappa shape index (κ1) is 12.0. The number of nitrogens with two attached hydrogens (primary N) is 1. The highest BCUT2D eigenvalue weighted by Gasteiger charge is 2.10. The van der Waals surface area contributed by atoms with Crippen LogP contribution in [0.2, 0.25) is 4.34 Å². The number of aromatic nitrogens is 2. The van der Waals surface area contributed by atoms with Crippen molar-refractivity contribution in [2.75, 3.05) is 5.73 Å². The second-order valence-corrected chi connectivity index (χ2v) is 6.61. The molecule has 0 aliphatic rings. The topological polar surface area (TPSA) is 43.8 Å². The van der Waals surface area contributed by atoms with E-state index < -0.39 is 0 Å². The Balaban J connectivity index is 2.10. The standard InChI is InChI=1S/C12H9BrClN3S/c13-7-1-3-9-10(5-7)17(12(15)16-9)6-8-2-4-11(14)18-8/h1-5H,6H2,(H2,15,16). The molecule has 0 unspecified atom stereocenters. The van der Waals surface area contributed by atoms with E-state index in [1.165, 1.54) is 0 Å². The molecular weight excluding hydrogens is 334 g/mol. The van der Waals surface area contributed by atoms with E-state index in [1.807, 2.05) is 34.9 Å². The zero-order chi connectivity index (χ0) is 12.7. The Hall–Kier alpha value is -1.04. The molecule has 3 nitrogen and oxygen atoms in total. The number of hydrogen-bond donors (Lipinski definition) is 1. The van der Waals surface area contributed by atoms with E-state index >= 15 is 0 Å². The molecule has 0 fully saturated rings. The average Bonchev–Trinajstić information content (AvgIpc) is 2.86. The summed E-state index contributed by atoms with van der Waals surface area (Å²) in [5.74, 6) is 0.521. The maximum Gasteiger partial charge on any atom is 0.201 e. The van der Waals surface area contributed by atoms with Gasteiger partial charge in [0, 0.05) is 9.35 Å². The number of halogens is 2. The van der Waals surface area contributed by atoms with E-state index in [-0.39, 0.29) is 0 Å². The smallest absolute Gasteiger partial charge is 0.201 e. The van der Waals surface area contributed by atoms with Gasteiger partial charge in [-0.15, -0.1) is 11.3 Å². The van der Waals surface area contributed by atoms with Crippen molar-refractivity contribution >= 4 is 55.8 Å². The zero-order valence-electron chi connectivity index (χ0n) is 9.23. The largest absolute Gasteiger partial charge is 0.369 e. The van der Waals surface area contributed by atoms with Gasteiger partial charge in [0.25, 0.3) is 0 Å². The first-order chi connectivity index (χ1) is 8.63. The molecule has 0 saturated heterocycles. The van der Waals surface area contributed by atoms with E-state index in [0.717, 1.165) is 24.7 Å². The Bertz CT molecular complexity index is 719. The summed E-state index contributed by atoms with van der Waals surface area (Å²) in [5, 5.41) is 0. The van der Waals surface area contributed by atoms with Crippen molar-refractivity contribution in [2.24, 2.45) is 0 Å². The lowest BCUT2D eigenvalue weighted by atomic mass is 10.3. The van der Waals surface area contributed by atoms with E-state index in [2.05, 4.69) is 20.9 Å². The number of nitrogens with zero attached hydrogens (tertiary/aromatic N) is 2. The van der Waals surface area contributed by atoms with Gasteiger partial charge >= 0.3 is 0 Å². The van der Waals surface area contributed by atoms with Crippen LogP contribution < -0.4 is 5.73 Å². The summed E-state index contributed by atoms with van der Waals surface area (Å²) < 4.78 is 3.79. The lowest BCUT2D eigenvalue weighted by Crippen LogP contribution is -2.03. The number of nitrogen functional groups attached to an aromatic ring is 1. The van der Waals surface area contributed by atoms with Crippen LogP contribution in [-0.4, -0.2) is 9.55 Å². The quantitative estimate of drug-likeness (QED) is 0.760. The van der Waals surface area contributed by atoms with E-state index in [4.69, 9.17) is 17.3 Å². The average molecular weight is 343 g/mol. The Morgan fingerprint density at radius 3 is 2.89 bits per heavy atom. The van der Waals surface area contributed by atoms with Gasteiger partial charge in [0.1, 0.15) is 0 Å². The fourth-order valence-electron chi connectivity index (χ4n) is 1.87. The minimum absolute atomic E-state index is 0.521. The number of rotatable bonds is 2. The van der Waals surface area contributed by atoms with Crippen molar-refractivity contribution < 1.29 is 0 Å². The molecule has 0 aliphatic carbocycles. The van der Waals surface area contributed by atoms with Crippen LogP contribution in [0, 0.1) is 0 Å². The molecule has 0 aliphatic heterocycles. The molecule has 0 spiro atoms. The first-order valence-corrected chi connectivity index (χ1v) is 7.28. The molecule has 0 radical (unpaired) electrons. The van der Waals surface area contributed by atoms with Crippen molar-refractivity contribution in [1.29, 1.82) is 0 Å². The van der Waals surface area contributed by atoms with Crippen LogP contribution in [0.5, 0.6) is 0 Å². The lowest BCUT2D eigenvalue weighted by molar-refractivity contribution is 0.852. The predicted molar refractivity (Wildman–Crippen MR) is 80.3 cm³/mol. The summed E-state index contributed by atoms with van der Waals surface area (Å²) in [7, 11) is 0. The molecular formula is C12H9BrClN3S. The van der Waals surface area contributed by atoms with Gasteiger partial charge in [-0.25, -0.2) is 4.98 Å².